The first-order valence-electron chi connectivity index (χ1n) is 5.85. The van der Waals surface area contributed by atoms with Gasteiger partial charge in [0.1, 0.15) is 10.6 Å². The smallest absolute Gasteiger partial charge is 0.387 e. The number of nitrogens with one attached hydrogen (secondary N) is 1. The SMILES string of the molecule is CC(C)n1cc(NC(=O)c2sccc2OC(F)F)cn1. The molecule has 0 saturated carbocycles. The summed E-state index contributed by atoms with van der Waals surface area (Å²) in [5.41, 5.74) is 0.500. The molecule has 0 aliphatic carbocycles. The fourth-order valence-corrected chi connectivity index (χ4v) is 2.24. The van der Waals surface area contributed by atoms with Crippen molar-refractivity contribution in [2.75, 3.05) is 5.32 Å². The van der Waals surface area contributed by atoms with E-state index in [0.717, 1.165) is 11.3 Å². The second-order valence-electron chi connectivity index (χ2n) is 4.25. The summed E-state index contributed by atoms with van der Waals surface area (Å²) in [6.07, 6.45) is 3.17. The van der Waals surface area contributed by atoms with Crippen molar-refractivity contribution >= 4 is 22.9 Å². The zero-order valence-corrected chi connectivity index (χ0v) is 11.7. The van der Waals surface area contributed by atoms with Crippen molar-refractivity contribution in [1.29, 1.82) is 0 Å². The van der Waals surface area contributed by atoms with Crippen LogP contribution in [0.15, 0.2) is 23.8 Å². The van der Waals surface area contributed by atoms with Crippen molar-refractivity contribution < 1.29 is 18.3 Å². The highest BCUT2D eigenvalue weighted by atomic mass is 32.1. The number of rotatable bonds is 5. The Morgan fingerprint density at radius 2 is 2.25 bits per heavy atom. The molecule has 0 unspecified atom stereocenters. The summed E-state index contributed by atoms with van der Waals surface area (Å²) in [7, 11) is 0. The molecular weight excluding hydrogens is 288 g/mol. The number of anilines is 1. The van der Waals surface area contributed by atoms with Crippen LogP contribution in [0.1, 0.15) is 29.6 Å². The number of thiophene rings is 1. The minimum Gasteiger partial charge on any atom is -0.433 e. The minimum absolute atomic E-state index is 0.0996. The lowest BCUT2D eigenvalue weighted by molar-refractivity contribution is -0.0498. The van der Waals surface area contributed by atoms with E-state index < -0.39 is 12.5 Å². The first kappa shape index (κ1) is 14.4. The number of halogens is 2. The largest absolute Gasteiger partial charge is 0.433 e. The van der Waals surface area contributed by atoms with Crippen molar-refractivity contribution in [1.82, 2.24) is 9.78 Å². The highest BCUT2D eigenvalue weighted by Crippen LogP contribution is 2.27. The molecule has 108 valence electrons. The van der Waals surface area contributed by atoms with Gasteiger partial charge in [0.15, 0.2) is 0 Å². The van der Waals surface area contributed by atoms with Gasteiger partial charge >= 0.3 is 6.61 Å². The molecule has 0 atom stereocenters. The molecule has 0 aliphatic heterocycles. The van der Waals surface area contributed by atoms with E-state index in [1.165, 1.54) is 17.6 Å². The standard InChI is InChI=1S/C12H13F2N3O2S/c1-7(2)17-6-8(5-15-17)16-11(18)10-9(3-4-20-10)19-12(13)14/h3-7,12H,1-2H3,(H,16,18). The Morgan fingerprint density at radius 3 is 2.85 bits per heavy atom. The molecule has 20 heavy (non-hydrogen) atoms. The minimum atomic E-state index is -2.96. The molecular formula is C12H13F2N3O2S. The van der Waals surface area contributed by atoms with E-state index in [1.807, 2.05) is 13.8 Å². The molecule has 0 bridgehead atoms. The average Bonchev–Trinajstić information content (AvgIpc) is 2.97. The number of carbonyl (C=O) groups is 1. The third-order valence-electron chi connectivity index (χ3n) is 2.44. The van der Waals surface area contributed by atoms with Gasteiger partial charge in [0, 0.05) is 12.2 Å². The molecule has 2 rings (SSSR count). The number of alkyl halides is 2. The Labute approximate surface area is 118 Å². The van der Waals surface area contributed by atoms with Crippen molar-refractivity contribution in [3.05, 3.63) is 28.7 Å². The number of ether oxygens (including phenoxy) is 1. The van der Waals surface area contributed by atoms with E-state index >= 15 is 0 Å². The van der Waals surface area contributed by atoms with Gasteiger partial charge in [-0.25, -0.2) is 0 Å². The Hall–Kier alpha value is -1.96. The molecule has 0 aliphatic rings. The van der Waals surface area contributed by atoms with Crippen LogP contribution in [-0.4, -0.2) is 22.3 Å². The van der Waals surface area contributed by atoms with Gasteiger partial charge in [0.05, 0.1) is 11.9 Å². The molecule has 2 aromatic heterocycles. The lowest BCUT2D eigenvalue weighted by atomic mass is 10.4. The lowest BCUT2D eigenvalue weighted by Gasteiger charge is -2.06. The fourth-order valence-electron chi connectivity index (χ4n) is 1.52. The van der Waals surface area contributed by atoms with Gasteiger partial charge in [-0.3, -0.25) is 9.48 Å². The fraction of sp³-hybridized carbons (Fsp3) is 0.333. The summed E-state index contributed by atoms with van der Waals surface area (Å²) < 4.78 is 30.4. The van der Waals surface area contributed by atoms with E-state index in [1.54, 1.807) is 10.9 Å². The van der Waals surface area contributed by atoms with E-state index in [0.29, 0.717) is 5.69 Å². The highest BCUT2D eigenvalue weighted by molar-refractivity contribution is 7.12. The maximum absolute atomic E-state index is 12.2. The molecule has 1 N–H and O–H groups in total. The van der Waals surface area contributed by atoms with Crippen LogP contribution in [0.3, 0.4) is 0 Å². The molecule has 0 aromatic carbocycles. The molecule has 0 spiro atoms. The van der Waals surface area contributed by atoms with Crippen molar-refractivity contribution in [3.63, 3.8) is 0 Å². The van der Waals surface area contributed by atoms with E-state index in [-0.39, 0.29) is 16.7 Å². The van der Waals surface area contributed by atoms with E-state index in [2.05, 4.69) is 15.2 Å². The monoisotopic (exact) mass is 301 g/mol. The molecule has 0 radical (unpaired) electrons. The molecule has 5 nitrogen and oxygen atoms in total. The first-order valence-corrected chi connectivity index (χ1v) is 6.73. The predicted octanol–water partition coefficient (Wildman–Crippen LogP) is 3.38. The average molecular weight is 301 g/mol. The summed E-state index contributed by atoms with van der Waals surface area (Å²) in [6.45, 7) is 0.943. The Balaban J connectivity index is 2.09. The quantitative estimate of drug-likeness (QED) is 0.921. The van der Waals surface area contributed by atoms with Crippen LogP contribution < -0.4 is 10.1 Å². The van der Waals surface area contributed by atoms with Gasteiger partial charge in [-0.05, 0) is 25.3 Å². The maximum atomic E-state index is 12.2. The number of hydrogen-bond donors (Lipinski definition) is 1. The molecule has 2 aromatic rings. The van der Waals surface area contributed by atoms with E-state index in [4.69, 9.17) is 0 Å². The van der Waals surface area contributed by atoms with E-state index in [9.17, 15) is 13.6 Å². The predicted molar refractivity (Wildman–Crippen MR) is 71.5 cm³/mol. The van der Waals surface area contributed by atoms with Gasteiger partial charge in [-0.2, -0.15) is 13.9 Å². The zero-order chi connectivity index (χ0) is 14.7. The topological polar surface area (TPSA) is 56.2 Å². The van der Waals surface area contributed by atoms with Gasteiger partial charge in [-0.15, -0.1) is 11.3 Å². The zero-order valence-electron chi connectivity index (χ0n) is 10.8. The molecule has 2 heterocycles. The van der Waals surface area contributed by atoms with Crippen molar-refractivity contribution in [2.24, 2.45) is 0 Å². The van der Waals surface area contributed by atoms with Crippen LogP contribution >= 0.6 is 11.3 Å². The number of nitrogens with zero attached hydrogens (tertiary/aromatic N) is 2. The number of aromatic nitrogens is 2. The summed E-state index contributed by atoms with van der Waals surface area (Å²) in [6, 6.07) is 1.50. The number of hydrogen-bond acceptors (Lipinski definition) is 4. The van der Waals surface area contributed by atoms with Gasteiger partial charge in [-0.1, -0.05) is 0 Å². The van der Waals surface area contributed by atoms with Crippen LogP contribution in [0.25, 0.3) is 0 Å². The van der Waals surface area contributed by atoms with Crippen LogP contribution in [0.4, 0.5) is 14.5 Å². The summed E-state index contributed by atoms with van der Waals surface area (Å²) >= 11 is 1.03. The molecule has 1 amide bonds. The Kier molecular flexibility index (Phi) is 4.33. The Morgan fingerprint density at radius 1 is 1.50 bits per heavy atom. The third kappa shape index (κ3) is 3.32. The van der Waals surface area contributed by atoms with Crippen LogP contribution in [0, 0.1) is 0 Å². The molecule has 0 saturated heterocycles. The number of carbonyl (C=O) groups excluding carboxylic acids is 1. The van der Waals surface area contributed by atoms with Gasteiger partial charge < -0.3 is 10.1 Å². The summed E-state index contributed by atoms with van der Waals surface area (Å²) in [4.78, 5) is 12.1. The van der Waals surface area contributed by atoms with Crippen LogP contribution in [-0.2, 0) is 0 Å². The third-order valence-corrected chi connectivity index (χ3v) is 3.33. The van der Waals surface area contributed by atoms with Crippen LogP contribution in [0.5, 0.6) is 5.75 Å². The summed E-state index contributed by atoms with van der Waals surface area (Å²) in [5, 5.41) is 8.19. The van der Waals surface area contributed by atoms with Crippen LogP contribution in [0.2, 0.25) is 0 Å². The van der Waals surface area contributed by atoms with Crippen molar-refractivity contribution in [2.45, 2.75) is 26.5 Å². The molecule has 0 fully saturated rings. The second kappa shape index (κ2) is 6.00. The molecule has 8 heteroatoms. The summed E-state index contributed by atoms with van der Waals surface area (Å²) in [5.74, 6) is -0.627. The lowest BCUT2D eigenvalue weighted by Crippen LogP contribution is -2.12. The van der Waals surface area contributed by atoms with Gasteiger partial charge in [0.2, 0.25) is 0 Å². The first-order chi connectivity index (χ1) is 9.47. The second-order valence-corrected chi connectivity index (χ2v) is 5.17. The van der Waals surface area contributed by atoms with Crippen molar-refractivity contribution in [3.8, 4) is 5.75 Å². The Bertz CT molecular complexity index is 595. The highest BCUT2D eigenvalue weighted by Gasteiger charge is 2.18. The maximum Gasteiger partial charge on any atom is 0.387 e. The van der Waals surface area contributed by atoms with Gasteiger partial charge in [0.25, 0.3) is 5.91 Å². The normalized spacial score (nSPS) is 11.1. The number of amides is 1.